The monoisotopic (exact) mass is 253 g/mol. The molecule has 1 aliphatic rings. The summed E-state index contributed by atoms with van der Waals surface area (Å²) in [6, 6.07) is 15.3. The van der Waals surface area contributed by atoms with E-state index >= 15 is 0 Å². The van der Waals surface area contributed by atoms with E-state index in [-0.39, 0.29) is 6.04 Å². The van der Waals surface area contributed by atoms with Crippen LogP contribution in [0, 0.1) is 11.3 Å². The molecule has 1 heteroatoms. The van der Waals surface area contributed by atoms with Gasteiger partial charge in [0.1, 0.15) is 0 Å². The van der Waals surface area contributed by atoms with Crippen molar-refractivity contribution in [2.75, 3.05) is 0 Å². The van der Waals surface area contributed by atoms with Gasteiger partial charge in [-0.05, 0) is 40.5 Å². The van der Waals surface area contributed by atoms with Gasteiger partial charge in [-0.25, -0.2) is 0 Å². The van der Waals surface area contributed by atoms with Crippen molar-refractivity contribution in [3.63, 3.8) is 0 Å². The topological polar surface area (TPSA) is 26.0 Å². The summed E-state index contributed by atoms with van der Waals surface area (Å²) < 4.78 is 0. The first-order valence-electron chi connectivity index (χ1n) is 7.33. The van der Waals surface area contributed by atoms with Gasteiger partial charge in [-0.2, -0.15) is 0 Å². The van der Waals surface area contributed by atoms with Gasteiger partial charge in [0, 0.05) is 6.04 Å². The average Bonchev–Trinajstić information content (AvgIpc) is 2.77. The molecule has 0 amide bonds. The van der Waals surface area contributed by atoms with E-state index in [1.807, 2.05) is 0 Å². The molecule has 1 nitrogen and oxygen atoms in total. The van der Waals surface area contributed by atoms with Crippen molar-refractivity contribution in [3.05, 3.63) is 48.0 Å². The Kier molecular flexibility index (Phi) is 3.10. The minimum atomic E-state index is 0.156. The number of rotatable bonds is 2. The van der Waals surface area contributed by atoms with Gasteiger partial charge in [-0.3, -0.25) is 0 Å². The molecule has 2 aromatic rings. The van der Waals surface area contributed by atoms with E-state index in [1.165, 1.54) is 35.6 Å². The Balaban J connectivity index is 2.04. The molecule has 2 atom stereocenters. The maximum Gasteiger partial charge on any atom is 0.0334 e. The standard InChI is InChI=1S/C18H23N/c1-18(2)12-6-11-16(18)17(19)15-10-5-8-13-7-3-4-9-14(13)15/h3-5,7-10,16-17H,6,11-12,19H2,1-2H3. The summed E-state index contributed by atoms with van der Waals surface area (Å²) in [5, 5.41) is 2.62. The fraction of sp³-hybridized carbons (Fsp3) is 0.444. The van der Waals surface area contributed by atoms with Crippen LogP contribution in [-0.2, 0) is 0 Å². The highest BCUT2D eigenvalue weighted by Crippen LogP contribution is 2.48. The van der Waals surface area contributed by atoms with Crippen LogP contribution in [0.3, 0.4) is 0 Å². The Labute approximate surface area is 115 Å². The van der Waals surface area contributed by atoms with Gasteiger partial charge < -0.3 is 5.73 Å². The van der Waals surface area contributed by atoms with E-state index in [0.717, 1.165) is 0 Å². The molecule has 0 saturated heterocycles. The zero-order chi connectivity index (χ0) is 13.5. The summed E-state index contributed by atoms with van der Waals surface area (Å²) >= 11 is 0. The lowest BCUT2D eigenvalue weighted by atomic mass is 9.75. The largest absolute Gasteiger partial charge is 0.324 e. The highest BCUT2D eigenvalue weighted by Gasteiger charge is 2.38. The normalized spacial score (nSPS) is 23.6. The lowest BCUT2D eigenvalue weighted by Crippen LogP contribution is -2.29. The number of hydrogen-bond donors (Lipinski definition) is 1. The molecular formula is C18H23N. The maximum absolute atomic E-state index is 6.64. The quantitative estimate of drug-likeness (QED) is 0.827. The van der Waals surface area contributed by atoms with Crippen molar-refractivity contribution < 1.29 is 0 Å². The second-order valence-electron chi connectivity index (χ2n) is 6.58. The third kappa shape index (κ3) is 2.17. The third-order valence-corrected chi connectivity index (χ3v) is 4.96. The average molecular weight is 253 g/mol. The van der Waals surface area contributed by atoms with E-state index in [0.29, 0.717) is 11.3 Å². The molecule has 2 N–H and O–H groups in total. The van der Waals surface area contributed by atoms with Crippen LogP contribution >= 0.6 is 0 Å². The minimum absolute atomic E-state index is 0.156. The van der Waals surface area contributed by atoms with Crippen LogP contribution in [-0.4, -0.2) is 0 Å². The summed E-state index contributed by atoms with van der Waals surface area (Å²) in [6.45, 7) is 4.74. The molecular weight excluding hydrogens is 230 g/mol. The molecule has 2 aromatic carbocycles. The molecule has 3 rings (SSSR count). The summed E-state index contributed by atoms with van der Waals surface area (Å²) in [5.41, 5.74) is 8.33. The van der Waals surface area contributed by atoms with E-state index in [9.17, 15) is 0 Å². The predicted molar refractivity (Wildman–Crippen MR) is 82.0 cm³/mol. The van der Waals surface area contributed by atoms with Crippen molar-refractivity contribution in [1.82, 2.24) is 0 Å². The van der Waals surface area contributed by atoms with Crippen LogP contribution in [0.25, 0.3) is 10.8 Å². The first-order chi connectivity index (χ1) is 9.09. The van der Waals surface area contributed by atoms with Gasteiger partial charge in [0.05, 0.1) is 0 Å². The molecule has 0 heterocycles. The molecule has 1 aliphatic carbocycles. The molecule has 0 spiro atoms. The van der Waals surface area contributed by atoms with Crippen LogP contribution in [0.1, 0.15) is 44.7 Å². The van der Waals surface area contributed by atoms with Crippen LogP contribution in [0.5, 0.6) is 0 Å². The molecule has 2 unspecified atom stereocenters. The Morgan fingerprint density at radius 2 is 1.84 bits per heavy atom. The van der Waals surface area contributed by atoms with E-state index in [1.54, 1.807) is 0 Å². The Morgan fingerprint density at radius 1 is 1.11 bits per heavy atom. The Bertz CT molecular complexity index is 580. The molecule has 0 bridgehead atoms. The van der Waals surface area contributed by atoms with E-state index in [4.69, 9.17) is 5.73 Å². The fourth-order valence-corrected chi connectivity index (χ4v) is 3.78. The van der Waals surface area contributed by atoms with Crippen molar-refractivity contribution in [2.24, 2.45) is 17.1 Å². The number of nitrogens with two attached hydrogens (primary N) is 1. The summed E-state index contributed by atoms with van der Waals surface area (Å²) in [6.07, 6.45) is 3.88. The third-order valence-electron chi connectivity index (χ3n) is 4.96. The Morgan fingerprint density at radius 3 is 2.58 bits per heavy atom. The van der Waals surface area contributed by atoms with Gasteiger partial charge in [-0.15, -0.1) is 0 Å². The predicted octanol–water partition coefficient (Wildman–Crippen LogP) is 4.67. The number of fused-ring (bicyclic) bond motifs is 1. The lowest BCUT2D eigenvalue weighted by Gasteiger charge is -2.32. The molecule has 19 heavy (non-hydrogen) atoms. The van der Waals surface area contributed by atoms with Crippen molar-refractivity contribution in [1.29, 1.82) is 0 Å². The first kappa shape index (κ1) is 12.7. The van der Waals surface area contributed by atoms with E-state index in [2.05, 4.69) is 56.3 Å². The van der Waals surface area contributed by atoms with Crippen LogP contribution < -0.4 is 5.73 Å². The van der Waals surface area contributed by atoms with Crippen molar-refractivity contribution in [3.8, 4) is 0 Å². The van der Waals surface area contributed by atoms with Crippen LogP contribution in [0.4, 0.5) is 0 Å². The van der Waals surface area contributed by atoms with Gasteiger partial charge in [0.15, 0.2) is 0 Å². The SMILES string of the molecule is CC1(C)CCCC1C(N)c1cccc2ccccc12. The van der Waals surface area contributed by atoms with Gasteiger partial charge in [-0.1, -0.05) is 62.7 Å². The molecule has 0 radical (unpaired) electrons. The van der Waals surface area contributed by atoms with Gasteiger partial charge in [0.2, 0.25) is 0 Å². The van der Waals surface area contributed by atoms with Gasteiger partial charge in [0.25, 0.3) is 0 Å². The zero-order valence-electron chi connectivity index (χ0n) is 11.9. The second-order valence-corrected chi connectivity index (χ2v) is 6.58. The molecule has 1 fully saturated rings. The van der Waals surface area contributed by atoms with Gasteiger partial charge >= 0.3 is 0 Å². The van der Waals surface area contributed by atoms with Crippen LogP contribution in [0.15, 0.2) is 42.5 Å². The first-order valence-corrected chi connectivity index (χ1v) is 7.33. The highest BCUT2D eigenvalue weighted by molar-refractivity contribution is 5.86. The van der Waals surface area contributed by atoms with Crippen molar-refractivity contribution in [2.45, 2.75) is 39.2 Å². The lowest BCUT2D eigenvalue weighted by molar-refractivity contribution is 0.223. The maximum atomic E-state index is 6.64. The summed E-state index contributed by atoms with van der Waals surface area (Å²) in [4.78, 5) is 0. The van der Waals surface area contributed by atoms with Crippen LogP contribution in [0.2, 0.25) is 0 Å². The molecule has 100 valence electrons. The Hall–Kier alpha value is -1.34. The zero-order valence-corrected chi connectivity index (χ0v) is 11.9. The fourth-order valence-electron chi connectivity index (χ4n) is 3.78. The smallest absolute Gasteiger partial charge is 0.0334 e. The summed E-state index contributed by atoms with van der Waals surface area (Å²) in [5.74, 6) is 0.596. The molecule has 0 aliphatic heterocycles. The van der Waals surface area contributed by atoms with Crippen molar-refractivity contribution >= 4 is 10.8 Å². The highest BCUT2D eigenvalue weighted by atomic mass is 14.7. The van der Waals surface area contributed by atoms with E-state index < -0.39 is 0 Å². The minimum Gasteiger partial charge on any atom is -0.324 e. The second kappa shape index (κ2) is 4.64. The summed E-state index contributed by atoms with van der Waals surface area (Å²) in [7, 11) is 0. The molecule has 0 aromatic heterocycles. The number of hydrogen-bond acceptors (Lipinski definition) is 1. The number of benzene rings is 2. The molecule has 1 saturated carbocycles.